The Morgan fingerprint density at radius 3 is 2.47 bits per heavy atom. The SMILES string of the molecule is OCc1cccc(Cl)c1OCc1cccc(F)c1Cl. The smallest absolute Gasteiger partial charge is 0.143 e. The topological polar surface area (TPSA) is 29.5 Å². The van der Waals surface area contributed by atoms with Crippen molar-refractivity contribution in [3.63, 3.8) is 0 Å². The quantitative estimate of drug-likeness (QED) is 0.917. The molecule has 2 aromatic carbocycles. The third kappa shape index (κ3) is 3.18. The first-order chi connectivity index (χ1) is 9.13. The van der Waals surface area contributed by atoms with Crippen molar-refractivity contribution in [2.24, 2.45) is 0 Å². The van der Waals surface area contributed by atoms with Crippen molar-refractivity contribution in [3.05, 3.63) is 63.4 Å². The Morgan fingerprint density at radius 1 is 1.05 bits per heavy atom. The standard InChI is InChI=1S/C14H11Cl2FO2/c15-11-5-1-3-9(7-18)14(11)19-8-10-4-2-6-12(17)13(10)16/h1-6,18H,7-8H2. The summed E-state index contributed by atoms with van der Waals surface area (Å²) in [6, 6.07) is 9.58. The number of ether oxygens (including phenoxy) is 1. The molecule has 100 valence electrons. The normalized spacial score (nSPS) is 10.5. The zero-order valence-electron chi connectivity index (χ0n) is 9.87. The number of hydrogen-bond acceptors (Lipinski definition) is 2. The van der Waals surface area contributed by atoms with E-state index in [0.29, 0.717) is 21.9 Å². The summed E-state index contributed by atoms with van der Waals surface area (Å²) in [7, 11) is 0. The van der Waals surface area contributed by atoms with Crippen LogP contribution in [0.5, 0.6) is 5.75 Å². The number of para-hydroxylation sites is 1. The zero-order chi connectivity index (χ0) is 13.8. The van der Waals surface area contributed by atoms with E-state index in [1.807, 2.05) is 0 Å². The van der Waals surface area contributed by atoms with Crippen molar-refractivity contribution >= 4 is 23.2 Å². The van der Waals surface area contributed by atoms with E-state index in [1.54, 1.807) is 30.3 Å². The van der Waals surface area contributed by atoms with Gasteiger partial charge in [0.2, 0.25) is 0 Å². The van der Waals surface area contributed by atoms with Crippen molar-refractivity contribution in [1.82, 2.24) is 0 Å². The van der Waals surface area contributed by atoms with Gasteiger partial charge in [0.1, 0.15) is 18.2 Å². The van der Waals surface area contributed by atoms with Crippen molar-refractivity contribution in [2.45, 2.75) is 13.2 Å². The van der Waals surface area contributed by atoms with Gasteiger partial charge in [-0.25, -0.2) is 4.39 Å². The van der Waals surface area contributed by atoms with Crippen LogP contribution in [0.15, 0.2) is 36.4 Å². The molecule has 0 radical (unpaired) electrons. The molecule has 0 fully saturated rings. The van der Waals surface area contributed by atoms with Crippen LogP contribution in [0.25, 0.3) is 0 Å². The molecule has 0 amide bonds. The molecular formula is C14H11Cl2FO2. The Labute approximate surface area is 120 Å². The molecule has 2 aromatic rings. The second-order valence-electron chi connectivity index (χ2n) is 3.89. The Kier molecular flexibility index (Phi) is 4.64. The molecule has 5 heteroatoms. The van der Waals surface area contributed by atoms with Crippen molar-refractivity contribution < 1.29 is 14.2 Å². The lowest BCUT2D eigenvalue weighted by molar-refractivity contribution is 0.259. The highest BCUT2D eigenvalue weighted by atomic mass is 35.5. The second-order valence-corrected chi connectivity index (χ2v) is 4.67. The van der Waals surface area contributed by atoms with E-state index in [-0.39, 0.29) is 18.2 Å². The van der Waals surface area contributed by atoms with Gasteiger partial charge < -0.3 is 9.84 Å². The molecule has 0 unspecified atom stereocenters. The molecule has 0 aromatic heterocycles. The summed E-state index contributed by atoms with van der Waals surface area (Å²) in [4.78, 5) is 0. The summed E-state index contributed by atoms with van der Waals surface area (Å²) in [6.45, 7) is -0.111. The average molecular weight is 301 g/mol. The van der Waals surface area contributed by atoms with Crippen LogP contribution in [0.2, 0.25) is 10.0 Å². The molecule has 2 rings (SSSR count). The zero-order valence-corrected chi connectivity index (χ0v) is 11.4. The van der Waals surface area contributed by atoms with E-state index in [0.717, 1.165) is 0 Å². The summed E-state index contributed by atoms with van der Waals surface area (Å²) in [5.74, 6) is -0.115. The Hall–Kier alpha value is -1.29. The number of rotatable bonds is 4. The van der Waals surface area contributed by atoms with E-state index < -0.39 is 5.82 Å². The van der Waals surface area contributed by atoms with Gasteiger partial charge in [0, 0.05) is 11.1 Å². The molecule has 0 aliphatic rings. The predicted molar refractivity (Wildman–Crippen MR) is 73.1 cm³/mol. The van der Waals surface area contributed by atoms with Crippen LogP contribution in [0.3, 0.4) is 0 Å². The first kappa shape index (κ1) is 14.1. The highest BCUT2D eigenvalue weighted by Gasteiger charge is 2.10. The van der Waals surface area contributed by atoms with Crippen LogP contribution in [-0.2, 0) is 13.2 Å². The van der Waals surface area contributed by atoms with Gasteiger partial charge in [0.25, 0.3) is 0 Å². The minimum absolute atomic E-state index is 0.0279. The molecule has 19 heavy (non-hydrogen) atoms. The fraction of sp³-hybridized carbons (Fsp3) is 0.143. The molecule has 0 saturated heterocycles. The third-order valence-corrected chi connectivity index (χ3v) is 3.34. The summed E-state index contributed by atoms with van der Waals surface area (Å²) in [6.07, 6.45) is 0. The molecule has 2 nitrogen and oxygen atoms in total. The maximum atomic E-state index is 13.3. The number of halogens is 3. The fourth-order valence-electron chi connectivity index (χ4n) is 1.65. The molecule has 0 aliphatic carbocycles. The van der Waals surface area contributed by atoms with Gasteiger partial charge in [-0.2, -0.15) is 0 Å². The fourth-order valence-corrected chi connectivity index (χ4v) is 2.08. The van der Waals surface area contributed by atoms with Crippen LogP contribution in [0.1, 0.15) is 11.1 Å². The Morgan fingerprint density at radius 2 is 1.74 bits per heavy atom. The molecule has 0 heterocycles. The molecule has 0 atom stereocenters. The average Bonchev–Trinajstić information content (AvgIpc) is 2.41. The van der Waals surface area contributed by atoms with Crippen LogP contribution < -0.4 is 4.74 Å². The van der Waals surface area contributed by atoms with E-state index in [4.69, 9.17) is 27.9 Å². The van der Waals surface area contributed by atoms with Crippen LogP contribution in [0, 0.1) is 5.82 Å². The van der Waals surface area contributed by atoms with Crippen molar-refractivity contribution in [3.8, 4) is 5.75 Å². The lowest BCUT2D eigenvalue weighted by Crippen LogP contribution is -2.01. The van der Waals surface area contributed by atoms with E-state index in [2.05, 4.69) is 0 Å². The predicted octanol–water partition coefficient (Wildman–Crippen LogP) is 4.20. The number of hydrogen-bond donors (Lipinski definition) is 1. The van der Waals surface area contributed by atoms with E-state index >= 15 is 0 Å². The van der Waals surface area contributed by atoms with Gasteiger partial charge in [0.05, 0.1) is 16.7 Å². The Bertz CT molecular complexity index is 588. The highest BCUT2D eigenvalue weighted by Crippen LogP contribution is 2.30. The maximum absolute atomic E-state index is 13.3. The monoisotopic (exact) mass is 300 g/mol. The Balaban J connectivity index is 2.21. The minimum Gasteiger partial charge on any atom is -0.487 e. The van der Waals surface area contributed by atoms with Crippen molar-refractivity contribution in [1.29, 1.82) is 0 Å². The van der Waals surface area contributed by atoms with Gasteiger partial charge >= 0.3 is 0 Å². The minimum atomic E-state index is -0.496. The van der Waals surface area contributed by atoms with Crippen LogP contribution in [0.4, 0.5) is 4.39 Å². The molecule has 0 aliphatic heterocycles. The van der Waals surface area contributed by atoms with Gasteiger partial charge in [-0.15, -0.1) is 0 Å². The van der Waals surface area contributed by atoms with Gasteiger partial charge in [-0.3, -0.25) is 0 Å². The number of aliphatic hydroxyl groups is 1. The van der Waals surface area contributed by atoms with Crippen molar-refractivity contribution in [2.75, 3.05) is 0 Å². The highest BCUT2D eigenvalue weighted by molar-refractivity contribution is 6.32. The second kappa shape index (κ2) is 6.24. The number of aliphatic hydroxyl groups excluding tert-OH is 1. The lowest BCUT2D eigenvalue weighted by atomic mass is 10.2. The van der Waals surface area contributed by atoms with Crippen LogP contribution in [-0.4, -0.2) is 5.11 Å². The molecule has 0 spiro atoms. The largest absolute Gasteiger partial charge is 0.487 e. The molecule has 0 saturated carbocycles. The third-order valence-electron chi connectivity index (χ3n) is 2.62. The molecule has 1 N–H and O–H groups in total. The maximum Gasteiger partial charge on any atom is 0.143 e. The molecular weight excluding hydrogens is 290 g/mol. The summed E-state index contributed by atoms with van der Waals surface area (Å²) >= 11 is 11.8. The van der Waals surface area contributed by atoms with E-state index in [1.165, 1.54) is 6.07 Å². The summed E-state index contributed by atoms with van der Waals surface area (Å²) in [5.41, 5.74) is 1.09. The molecule has 0 bridgehead atoms. The summed E-state index contributed by atoms with van der Waals surface area (Å²) < 4.78 is 18.8. The van der Waals surface area contributed by atoms with Gasteiger partial charge in [-0.05, 0) is 12.1 Å². The van der Waals surface area contributed by atoms with E-state index in [9.17, 15) is 9.50 Å². The van der Waals surface area contributed by atoms with Gasteiger partial charge in [-0.1, -0.05) is 47.5 Å². The first-order valence-corrected chi connectivity index (χ1v) is 6.33. The number of benzene rings is 2. The van der Waals surface area contributed by atoms with Crippen LogP contribution >= 0.6 is 23.2 Å². The lowest BCUT2D eigenvalue weighted by Gasteiger charge is -2.12. The first-order valence-electron chi connectivity index (χ1n) is 5.57. The summed E-state index contributed by atoms with van der Waals surface area (Å²) in [5, 5.41) is 9.63. The van der Waals surface area contributed by atoms with Gasteiger partial charge in [0.15, 0.2) is 0 Å².